The largest absolute Gasteiger partial charge is 0.355 e. The highest BCUT2D eigenvalue weighted by molar-refractivity contribution is 7.14. The van der Waals surface area contributed by atoms with Crippen LogP contribution >= 0.6 is 22.7 Å². The predicted octanol–water partition coefficient (Wildman–Crippen LogP) is 2.82. The third-order valence-corrected chi connectivity index (χ3v) is 3.98. The number of carbonyl (C=O) groups excluding carboxylic acids is 2. The molecule has 0 aliphatic rings. The Kier molecular flexibility index (Phi) is 4.48. The Morgan fingerprint density at radius 3 is 2.74 bits per heavy atom. The molecule has 0 aliphatic carbocycles. The summed E-state index contributed by atoms with van der Waals surface area (Å²) in [5.74, 6) is -0.459. The highest BCUT2D eigenvalue weighted by atomic mass is 32.1. The Balaban J connectivity index is 2.03. The molecule has 2 heterocycles. The van der Waals surface area contributed by atoms with Crippen molar-refractivity contribution in [1.82, 2.24) is 5.32 Å². The Morgan fingerprint density at radius 2 is 2.05 bits per heavy atom. The van der Waals surface area contributed by atoms with E-state index >= 15 is 0 Å². The summed E-state index contributed by atoms with van der Waals surface area (Å²) in [7, 11) is 1.56. The lowest BCUT2D eigenvalue weighted by atomic mass is 10.3. The lowest BCUT2D eigenvalue weighted by Gasteiger charge is -2.02. The van der Waals surface area contributed by atoms with Gasteiger partial charge in [0.1, 0.15) is 5.00 Å². The highest BCUT2D eigenvalue weighted by Crippen LogP contribution is 2.23. The molecule has 0 atom stereocenters. The van der Waals surface area contributed by atoms with E-state index in [1.165, 1.54) is 17.4 Å². The van der Waals surface area contributed by atoms with Crippen LogP contribution in [0.25, 0.3) is 6.08 Å². The van der Waals surface area contributed by atoms with E-state index in [1.54, 1.807) is 35.9 Å². The summed E-state index contributed by atoms with van der Waals surface area (Å²) in [5.41, 5.74) is 0.477. The fraction of sp³-hybridized carbons (Fsp3) is 0.0769. The topological polar surface area (TPSA) is 58.2 Å². The van der Waals surface area contributed by atoms with Gasteiger partial charge in [0, 0.05) is 18.0 Å². The Bertz CT molecular complexity index is 600. The number of anilines is 1. The van der Waals surface area contributed by atoms with Gasteiger partial charge in [0.25, 0.3) is 5.91 Å². The Morgan fingerprint density at radius 1 is 1.21 bits per heavy atom. The van der Waals surface area contributed by atoms with Gasteiger partial charge >= 0.3 is 0 Å². The van der Waals surface area contributed by atoms with Crippen molar-refractivity contribution in [2.24, 2.45) is 0 Å². The number of hydrogen-bond donors (Lipinski definition) is 2. The van der Waals surface area contributed by atoms with Gasteiger partial charge < -0.3 is 10.6 Å². The quantitative estimate of drug-likeness (QED) is 0.851. The molecule has 2 aromatic rings. The van der Waals surface area contributed by atoms with E-state index < -0.39 is 0 Å². The van der Waals surface area contributed by atoms with Crippen LogP contribution in [-0.2, 0) is 4.79 Å². The molecule has 0 fully saturated rings. The molecule has 0 bridgehead atoms. The van der Waals surface area contributed by atoms with Gasteiger partial charge in [-0.15, -0.1) is 22.7 Å². The molecule has 0 aromatic carbocycles. The molecular weight excluding hydrogens is 280 g/mol. The van der Waals surface area contributed by atoms with E-state index in [0.717, 1.165) is 4.88 Å². The zero-order valence-corrected chi connectivity index (χ0v) is 11.8. The minimum Gasteiger partial charge on any atom is -0.355 e. The predicted molar refractivity (Wildman–Crippen MR) is 79.7 cm³/mol. The van der Waals surface area contributed by atoms with Crippen LogP contribution < -0.4 is 10.6 Å². The molecule has 6 heteroatoms. The molecule has 2 N–H and O–H groups in total. The number of hydrogen-bond acceptors (Lipinski definition) is 4. The summed E-state index contributed by atoms with van der Waals surface area (Å²) in [6.45, 7) is 0. The van der Waals surface area contributed by atoms with Gasteiger partial charge in [-0.1, -0.05) is 6.07 Å². The van der Waals surface area contributed by atoms with Gasteiger partial charge in [0.2, 0.25) is 5.91 Å². The molecule has 19 heavy (non-hydrogen) atoms. The first kappa shape index (κ1) is 13.5. The number of carbonyl (C=O) groups is 2. The second kappa shape index (κ2) is 6.31. The van der Waals surface area contributed by atoms with Gasteiger partial charge in [-0.05, 0) is 29.0 Å². The van der Waals surface area contributed by atoms with Crippen LogP contribution in [0.4, 0.5) is 5.00 Å². The van der Waals surface area contributed by atoms with Gasteiger partial charge in [-0.3, -0.25) is 9.59 Å². The van der Waals surface area contributed by atoms with Crippen LogP contribution in [0, 0.1) is 0 Å². The van der Waals surface area contributed by atoms with Crippen LogP contribution in [0.3, 0.4) is 0 Å². The van der Waals surface area contributed by atoms with Crippen LogP contribution in [-0.4, -0.2) is 18.9 Å². The van der Waals surface area contributed by atoms with Crippen molar-refractivity contribution in [2.45, 2.75) is 0 Å². The maximum absolute atomic E-state index is 11.8. The van der Waals surface area contributed by atoms with Crippen LogP contribution in [0.2, 0.25) is 0 Å². The molecule has 2 aromatic heterocycles. The molecule has 0 aliphatic heterocycles. The molecule has 0 saturated heterocycles. The van der Waals surface area contributed by atoms with E-state index in [2.05, 4.69) is 10.6 Å². The standard InChI is InChI=1S/C13H12N2O2S2/c1-14-12(17)10-6-8-19-13(10)15-11(16)5-4-9-3-2-7-18-9/h2-8H,1H3,(H,14,17)(H,15,16). The first-order chi connectivity index (χ1) is 9.20. The maximum Gasteiger partial charge on any atom is 0.254 e. The minimum absolute atomic E-state index is 0.209. The third kappa shape index (κ3) is 3.52. The summed E-state index contributed by atoms with van der Waals surface area (Å²) in [5, 5.41) is 9.51. The second-order valence-electron chi connectivity index (χ2n) is 3.58. The zero-order chi connectivity index (χ0) is 13.7. The molecular formula is C13H12N2O2S2. The number of nitrogens with one attached hydrogen (secondary N) is 2. The Hall–Kier alpha value is -1.92. The summed E-state index contributed by atoms with van der Waals surface area (Å²) < 4.78 is 0. The number of rotatable bonds is 4. The van der Waals surface area contributed by atoms with Crippen molar-refractivity contribution >= 4 is 45.6 Å². The molecule has 2 rings (SSSR count). The lowest BCUT2D eigenvalue weighted by Crippen LogP contribution is -2.19. The smallest absolute Gasteiger partial charge is 0.254 e. The van der Waals surface area contributed by atoms with E-state index in [4.69, 9.17) is 0 Å². The van der Waals surface area contributed by atoms with Gasteiger partial charge in [0.15, 0.2) is 0 Å². The fourth-order valence-electron chi connectivity index (χ4n) is 1.42. The fourth-order valence-corrected chi connectivity index (χ4v) is 2.82. The van der Waals surface area contributed by atoms with E-state index in [-0.39, 0.29) is 11.8 Å². The van der Waals surface area contributed by atoms with Gasteiger partial charge in [-0.25, -0.2) is 0 Å². The third-order valence-electron chi connectivity index (χ3n) is 2.32. The molecule has 0 radical (unpaired) electrons. The zero-order valence-electron chi connectivity index (χ0n) is 10.2. The first-order valence-electron chi connectivity index (χ1n) is 5.53. The molecule has 2 amide bonds. The lowest BCUT2D eigenvalue weighted by molar-refractivity contribution is -0.111. The SMILES string of the molecule is CNC(=O)c1ccsc1NC(=O)C=Cc1cccs1. The average molecular weight is 292 g/mol. The van der Waals surface area contributed by atoms with Crippen LogP contribution in [0.5, 0.6) is 0 Å². The van der Waals surface area contributed by atoms with Crippen molar-refractivity contribution in [3.05, 3.63) is 45.5 Å². The summed E-state index contributed by atoms with van der Waals surface area (Å²) >= 11 is 2.88. The van der Waals surface area contributed by atoms with E-state index in [9.17, 15) is 9.59 Å². The molecule has 0 unspecified atom stereocenters. The van der Waals surface area contributed by atoms with Crippen molar-refractivity contribution in [3.63, 3.8) is 0 Å². The van der Waals surface area contributed by atoms with Gasteiger partial charge in [0.05, 0.1) is 5.56 Å². The summed E-state index contributed by atoms with van der Waals surface area (Å²) in [6.07, 6.45) is 3.20. The molecule has 0 saturated carbocycles. The normalized spacial score (nSPS) is 10.6. The molecule has 98 valence electrons. The van der Waals surface area contributed by atoms with Crippen LogP contribution in [0.1, 0.15) is 15.2 Å². The van der Waals surface area contributed by atoms with Crippen LogP contribution in [0.15, 0.2) is 35.0 Å². The van der Waals surface area contributed by atoms with Crippen molar-refractivity contribution in [2.75, 3.05) is 12.4 Å². The van der Waals surface area contributed by atoms with Gasteiger partial charge in [-0.2, -0.15) is 0 Å². The van der Waals surface area contributed by atoms with E-state index in [1.807, 2.05) is 17.5 Å². The van der Waals surface area contributed by atoms with E-state index in [0.29, 0.717) is 10.6 Å². The first-order valence-corrected chi connectivity index (χ1v) is 7.29. The summed E-state index contributed by atoms with van der Waals surface area (Å²) in [6, 6.07) is 5.53. The molecule has 0 spiro atoms. The Labute approximate surface area is 118 Å². The maximum atomic E-state index is 11.8. The number of amides is 2. The number of thiophene rings is 2. The monoisotopic (exact) mass is 292 g/mol. The van der Waals surface area contributed by atoms with Crippen molar-refractivity contribution in [1.29, 1.82) is 0 Å². The molecule has 4 nitrogen and oxygen atoms in total. The second-order valence-corrected chi connectivity index (χ2v) is 5.48. The van der Waals surface area contributed by atoms with Crippen molar-refractivity contribution < 1.29 is 9.59 Å². The minimum atomic E-state index is -0.249. The highest BCUT2D eigenvalue weighted by Gasteiger charge is 2.12. The summed E-state index contributed by atoms with van der Waals surface area (Å²) in [4.78, 5) is 24.3. The van der Waals surface area contributed by atoms with Crippen molar-refractivity contribution in [3.8, 4) is 0 Å². The average Bonchev–Trinajstić information content (AvgIpc) is 3.06.